The zero-order chi connectivity index (χ0) is 20.4. The van der Waals surface area contributed by atoms with Gasteiger partial charge in [-0.05, 0) is 31.2 Å². The largest absolute Gasteiger partial charge is 0.297 e. The molecule has 0 fully saturated rings. The van der Waals surface area contributed by atoms with Crippen LogP contribution in [-0.4, -0.2) is 35.0 Å². The van der Waals surface area contributed by atoms with Crippen LogP contribution in [0.25, 0.3) is 10.8 Å². The first-order chi connectivity index (χ1) is 13.2. The van der Waals surface area contributed by atoms with Crippen LogP contribution < -0.4 is 4.72 Å². The van der Waals surface area contributed by atoms with Gasteiger partial charge >= 0.3 is 0 Å². The summed E-state index contributed by atoms with van der Waals surface area (Å²) in [6.07, 6.45) is 1.42. The standard InChI is InChI=1S/C18H17ClN2O5S2/c1-13-5-7-14(8-6-13)28(24,25)26-12-11-21-27(22,23)17-4-2-3-16-15(17)9-10-20-18(16)19/h2-10,21H,11-12H2,1H3. The van der Waals surface area contributed by atoms with E-state index in [1.165, 1.54) is 24.4 Å². The third-order valence-corrected chi connectivity index (χ3v) is 7.10. The Morgan fingerprint density at radius 2 is 1.71 bits per heavy atom. The maximum Gasteiger partial charge on any atom is 0.297 e. The molecule has 0 radical (unpaired) electrons. The molecule has 0 aliphatic rings. The summed E-state index contributed by atoms with van der Waals surface area (Å²) in [4.78, 5) is 3.97. The molecule has 1 aromatic heterocycles. The number of aromatic nitrogens is 1. The Balaban J connectivity index is 1.69. The molecule has 0 saturated heterocycles. The second-order valence-electron chi connectivity index (χ2n) is 5.94. The zero-order valence-corrected chi connectivity index (χ0v) is 17.2. The van der Waals surface area contributed by atoms with Crippen molar-refractivity contribution in [3.63, 3.8) is 0 Å². The van der Waals surface area contributed by atoms with E-state index in [1.54, 1.807) is 30.3 Å². The summed E-state index contributed by atoms with van der Waals surface area (Å²) in [5.74, 6) is 0. The summed E-state index contributed by atoms with van der Waals surface area (Å²) < 4.78 is 56.7. The predicted molar refractivity (Wildman–Crippen MR) is 106 cm³/mol. The van der Waals surface area contributed by atoms with Crippen molar-refractivity contribution < 1.29 is 21.0 Å². The normalized spacial score (nSPS) is 12.4. The lowest BCUT2D eigenvalue weighted by Crippen LogP contribution is -2.28. The first-order valence-electron chi connectivity index (χ1n) is 8.20. The van der Waals surface area contributed by atoms with Gasteiger partial charge in [0.2, 0.25) is 10.0 Å². The van der Waals surface area contributed by atoms with Crippen LogP contribution >= 0.6 is 11.6 Å². The van der Waals surface area contributed by atoms with Gasteiger partial charge in [-0.25, -0.2) is 18.1 Å². The van der Waals surface area contributed by atoms with E-state index in [2.05, 4.69) is 9.71 Å². The molecule has 0 spiro atoms. The Hall–Kier alpha value is -2.04. The van der Waals surface area contributed by atoms with Crippen LogP contribution in [-0.2, 0) is 24.3 Å². The smallest absolute Gasteiger partial charge is 0.265 e. The predicted octanol–water partition coefficient (Wildman–Crippen LogP) is 2.88. The number of nitrogens with zero attached hydrogens (tertiary/aromatic N) is 1. The van der Waals surface area contributed by atoms with Crippen molar-refractivity contribution in [3.05, 3.63) is 65.4 Å². The minimum atomic E-state index is -3.96. The van der Waals surface area contributed by atoms with Gasteiger partial charge in [-0.1, -0.05) is 41.4 Å². The Kier molecular flexibility index (Phi) is 6.01. The van der Waals surface area contributed by atoms with Gasteiger partial charge in [-0.2, -0.15) is 8.42 Å². The van der Waals surface area contributed by atoms with Crippen molar-refractivity contribution in [1.29, 1.82) is 0 Å². The van der Waals surface area contributed by atoms with Crippen LogP contribution in [0, 0.1) is 6.92 Å². The first-order valence-corrected chi connectivity index (χ1v) is 11.5. The molecule has 0 aliphatic heterocycles. The Bertz CT molecular complexity index is 1210. The van der Waals surface area contributed by atoms with Crippen molar-refractivity contribution in [1.82, 2.24) is 9.71 Å². The van der Waals surface area contributed by atoms with E-state index in [-0.39, 0.29) is 28.1 Å². The van der Waals surface area contributed by atoms with Gasteiger partial charge in [0, 0.05) is 23.5 Å². The molecule has 0 aliphatic carbocycles. The average molecular weight is 441 g/mol. The highest BCUT2D eigenvalue weighted by Gasteiger charge is 2.19. The molecular formula is C18H17ClN2O5S2. The van der Waals surface area contributed by atoms with E-state index >= 15 is 0 Å². The second kappa shape index (κ2) is 8.14. The number of hydrogen-bond donors (Lipinski definition) is 1. The molecule has 10 heteroatoms. The van der Waals surface area contributed by atoms with E-state index in [4.69, 9.17) is 15.8 Å². The number of nitrogens with one attached hydrogen (secondary N) is 1. The second-order valence-corrected chi connectivity index (χ2v) is 9.65. The third-order valence-electron chi connectivity index (χ3n) is 3.95. The van der Waals surface area contributed by atoms with Crippen LogP contribution in [0.4, 0.5) is 0 Å². The number of aryl methyl sites for hydroxylation is 1. The van der Waals surface area contributed by atoms with E-state index < -0.39 is 20.1 Å². The summed E-state index contributed by atoms with van der Waals surface area (Å²) >= 11 is 6.01. The molecule has 0 amide bonds. The molecule has 3 rings (SSSR count). The number of rotatable bonds is 7. The first kappa shape index (κ1) is 20.7. The van der Waals surface area contributed by atoms with E-state index in [9.17, 15) is 16.8 Å². The van der Waals surface area contributed by atoms with Crippen LogP contribution in [0.3, 0.4) is 0 Å². The zero-order valence-electron chi connectivity index (χ0n) is 14.8. The highest BCUT2D eigenvalue weighted by Crippen LogP contribution is 2.26. The number of benzene rings is 2. The molecule has 0 atom stereocenters. The Morgan fingerprint density at radius 3 is 2.43 bits per heavy atom. The van der Waals surface area contributed by atoms with E-state index in [1.807, 2.05) is 6.92 Å². The summed E-state index contributed by atoms with van der Waals surface area (Å²) in [7, 11) is -7.86. The molecular weight excluding hydrogens is 424 g/mol. The lowest BCUT2D eigenvalue weighted by Gasteiger charge is -2.10. The molecule has 2 aromatic carbocycles. The van der Waals surface area contributed by atoms with Crippen LogP contribution in [0.2, 0.25) is 5.15 Å². The molecule has 148 valence electrons. The Labute approximate surface area is 168 Å². The maximum atomic E-state index is 12.6. The van der Waals surface area contributed by atoms with Crippen LogP contribution in [0.1, 0.15) is 5.56 Å². The van der Waals surface area contributed by atoms with Gasteiger partial charge in [0.05, 0.1) is 16.4 Å². The molecule has 7 nitrogen and oxygen atoms in total. The highest BCUT2D eigenvalue weighted by atomic mass is 35.5. The SMILES string of the molecule is Cc1ccc(S(=O)(=O)OCCNS(=O)(=O)c2cccc3c(Cl)nccc23)cc1. The molecule has 0 bridgehead atoms. The van der Waals surface area contributed by atoms with Gasteiger partial charge in [-0.15, -0.1) is 0 Å². The fourth-order valence-electron chi connectivity index (χ4n) is 2.56. The number of hydrogen-bond acceptors (Lipinski definition) is 6. The van der Waals surface area contributed by atoms with Gasteiger partial charge in [0.25, 0.3) is 10.1 Å². The summed E-state index contributed by atoms with van der Waals surface area (Å²) in [6, 6.07) is 12.4. The summed E-state index contributed by atoms with van der Waals surface area (Å²) in [5, 5.41) is 1.12. The number of halogens is 1. The number of pyridine rings is 1. The molecule has 0 unspecified atom stereocenters. The van der Waals surface area contributed by atoms with Crippen molar-refractivity contribution >= 4 is 42.5 Å². The monoisotopic (exact) mass is 440 g/mol. The molecule has 28 heavy (non-hydrogen) atoms. The minimum Gasteiger partial charge on any atom is -0.265 e. The lowest BCUT2D eigenvalue weighted by molar-refractivity contribution is 0.322. The fraction of sp³-hybridized carbons (Fsp3) is 0.167. The number of fused-ring (bicyclic) bond motifs is 1. The quantitative estimate of drug-likeness (QED) is 0.344. The Morgan fingerprint density at radius 1 is 1.00 bits per heavy atom. The summed E-state index contributed by atoms with van der Waals surface area (Å²) in [6.45, 7) is 1.27. The van der Waals surface area contributed by atoms with Gasteiger partial charge in [-0.3, -0.25) is 4.18 Å². The molecule has 1 heterocycles. The van der Waals surface area contributed by atoms with Crippen molar-refractivity contribution in [2.45, 2.75) is 16.7 Å². The van der Waals surface area contributed by atoms with E-state index in [0.29, 0.717) is 10.8 Å². The van der Waals surface area contributed by atoms with Gasteiger partial charge in [0.1, 0.15) is 5.15 Å². The van der Waals surface area contributed by atoms with E-state index in [0.717, 1.165) is 5.56 Å². The molecule has 1 N–H and O–H groups in total. The highest BCUT2D eigenvalue weighted by molar-refractivity contribution is 7.89. The average Bonchev–Trinajstić information content (AvgIpc) is 2.66. The van der Waals surface area contributed by atoms with Crippen molar-refractivity contribution in [2.24, 2.45) is 0 Å². The van der Waals surface area contributed by atoms with Gasteiger partial charge in [0.15, 0.2) is 0 Å². The maximum absolute atomic E-state index is 12.6. The van der Waals surface area contributed by atoms with Crippen molar-refractivity contribution in [2.75, 3.05) is 13.2 Å². The van der Waals surface area contributed by atoms with Crippen LogP contribution in [0.15, 0.2) is 64.5 Å². The third kappa shape index (κ3) is 4.50. The topological polar surface area (TPSA) is 102 Å². The fourth-order valence-corrected chi connectivity index (χ4v) is 4.92. The minimum absolute atomic E-state index is 0.0113. The number of sulfonamides is 1. The summed E-state index contributed by atoms with van der Waals surface area (Å²) in [5.41, 5.74) is 0.914. The molecule has 0 saturated carbocycles. The lowest BCUT2D eigenvalue weighted by atomic mass is 10.2. The van der Waals surface area contributed by atoms with Crippen LogP contribution in [0.5, 0.6) is 0 Å². The van der Waals surface area contributed by atoms with Crippen molar-refractivity contribution in [3.8, 4) is 0 Å². The van der Waals surface area contributed by atoms with Gasteiger partial charge < -0.3 is 0 Å². The molecule has 3 aromatic rings.